The molecule has 3 N–H and O–H groups in total. The molecule has 3 rings (SSSR count). The third kappa shape index (κ3) is 4.20. The minimum atomic E-state index is -0.117. The molecule has 0 fully saturated rings. The van der Waals surface area contributed by atoms with Crippen LogP contribution in [0.15, 0.2) is 35.9 Å². The number of anilines is 1. The van der Waals surface area contributed by atoms with E-state index in [0.29, 0.717) is 25.8 Å². The van der Waals surface area contributed by atoms with Crippen LogP contribution in [0, 0.1) is 5.92 Å². The molecule has 5 heteroatoms. The average molecular weight is 313 g/mol. The van der Waals surface area contributed by atoms with Crippen LogP contribution in [0.3, 0.4) is 0 Å². The molecule has 0 spiro atoms. The molecule has 2 aliphatic rings. The zero-order valence-corrected chi connectivity index (χ0v) is 13.2. The van der Waals surface area contributed by atoms with E-state index in [0.717, 1.165) is 30.8 Å². The Labute approximate surface area is 136 Å². The van der Waals surface area contributed by atoms with Gasteiger partial charge < -0.3 is 16.0 Å². The molecule has 0 saturated carbocycles. The van der Waals surface area contributed by atoms with Crippen molar-refractivity contribution in [3.63, 3.8) is 0 Å². The molecular weight excluding hydrogens is 290 g/mol. The minimum absolute atomic E-state index is 0.0242. The van der Waals surface area contributed by atoms with Gasteiger partial charge in [-0.05, 0) is 37.4 Å². The predicted molar refractivity (Wildman–Crippen MR) is 90.1 cm³/mol. The molecule has 1 atom stereocenters. The van der Waals surface area contributed by atoms with Crippen LogP contribution in [0.2, 0.25) is 0 Å². The van der Waals surface area contributed by atoms with Crippen molar-refractivity contribution in [2.24, 2.45) is 5.92 Å². The summed E-state index contributed by atoms with van der Waals surface area (Å²) in [5.74, 6) is -0.0672. The third-order valence-electron chi connectivity index (χ3n) is 4.50. The van der Waals surface area contributed by atoms with E-state index in [-0.39, 0.29) is 17.7 Å². The summed E-state index contributed by atoms with van der Waals surface area (Å²) >= 11 is 0. The van der Waals surface area contributed by atoms with Crippen LogP contribution in [0.5, 0.6) is 0 Å². The van der Waals surface area contributed by atoms with Crippen LogP contribution in [-0.2, 0) is 16.0 Å². The summed E-state index contributed by atoms with van der Waals surface area (Å²) in [5.41, 5.74) is 3.33. The second-order valence-electron chi connectivity index (χ2n) is 6.18. The van der Waals surface area contributed by atoms with Gasteiger partial charge in [0.05, 0.1) is 0 Å². The Morgan fingerprint density at radius 1 is 1.30 bits per heavy atom. The van der Waals surface area contributed by atoms with Gasteiger partial charge in [0.1, 0.15) is 0 Å². The molecule has 1 unspecified atom stereocenters. The molecule has 1 aromatic rings. The van der Waals surface area contributed by atoms with Crippen molar-refractivity contribution in [2.45, 2.75) is 25.7 Å². The van der Waals surface area contributed by atoms with E-state index in [9.17, 15) is 9.59 Å². The molecule has 0 aromatic heterocycles. The molecule has 2 aliphatic heterocycles. The number of rotatable bonds is 5. The lowest BCUT2D eigenvalue weighted by atomic mass is 9.89. The molecular formula is C18H23N3O2. The number of fused-ring (bicyclic) bond motifs is 1. The summed E-state index contributed by atoms with van der Waals surface area (Å²) in [6.07, 6.45) is 4.82. The Morgan fingerprint density at radius 2 is 2.17 bits per heavy atom. The highest BCUT2D eigenvalue weighted by Crippen LogP contribution is 2.27. The van der Waals surface area contributed by atoms with Gasteiger partial charge in [0.25, 0.3) is 0 Å². The summed E-state index contributed by atoms with van der Waals surface area (Å²) in [6.45, 7) is 2.48. The highest BCUT2D eigenvalue weighted by atomic mass is 16.2. The van der Waals surface area contributed by atoms with E-state index in [1.54, 1.807) is 0 Å². The van der Waals surface area contributed by atoms with Crippen molar-refractivity contribution in [1.29, 1.82) is 0 Å². The maximum atomic E-state index is 12.1. The lowest BCUT2D eigenvalue weighted by Crippen LogP contribution is -2.33. The van der Waals surface area contributed by atoms with E-state index in [1.165, 1.54) is 5.57 Å². The first-order chi connectivity index (χ1) is 11.2. The van der Waals surface area contributed by atoms with E-state index >= 15 is 0 Å². The van der Waals surface area contributed by atoms with Gasteiger partial charge in [-0.3, -0.25) is 9.59 Å². The molecule has 5 nitrogen and oxygen atoms in total. The van der Waals surface area contributed by atoms with Crippen LogP contribution in [-0.4, -0.2) is 31.4 Å². The number of benzene rings is 1. The maximum Gasteiger partial charge on any atom is 0.227 e. The summed E-state index contributed by atoms with van der Waals surface area (Å²) in [5, 5.41) is 9.14. The Bertz CT molecular complexity index is 624. The molecule has 0 aliphatic carbocycles. The van der Waals surface area contributed by atoms with Crippen LogP contribution in [0.1, 0.15) is 24.8 Å². The Balaban J connectivity index is 1.45. The number of hydrogen-bond acceptors (Lipinski definition) is 3. The van der Waals surface area contributed by atoms with Crippen molar-refractivity contribution in [3.8, 4) is 0 Å². The molecule has 0 bridgehead atoms. The molecule has 122 valence electrons. The Morgan fingerprint density at radius 3 is 3.00 bits per heavy atom. The Hall–Kier alpha value is -2.14. The number of carbonyl (C=O) groups is 2. The van der Waals surface area contributed by atoms with Crippen molar-refractivity contribution >= 4 is 17.5 Å². The first-order valence-corrected chi connectivity index (χ1v) is 8.26. The van der Waals surface area contributed by atoms with Gasteiger partial charge in [-0.25, -0.2) is 0 Å². The number of carbonyl (C=O) groups excluding carboxylic acids is 2. The van der Waals surface area contributed by atoms with E-state index in [4.69, 9.17) is 0 Å². The quantitative estimate of drug-likeness (QED) is 0.723. The maximum absolute atomic E-state index is 12.1. The molecule has 0 saturated heterocycles. The van der Waals surface area contributed by atoms with Gasteiger partial charge >= 0.3 is 0 Å². The number of para-hydroxylation sites is 1. The van der Waals surface area contributed by atoms with E-state index in [2.05, 4.69) is 22.0 Å². The van der Waals surface area contributed by atoms with Gasteiger partial charge in [-0.2, -0.15) is 0 Å². The van der Waals surface area contributed by atoms with Crippen molar-refractivity contribution < 1.29 is 9.59 Å². The first kappa shape index (κ1) is 15.7. The minimum Gasteiger partial charge on any atom is -0.352 e. The van der Waals surface area contributed by atoms with Gasteiger partial charge in [0.15, 0.2) is 0 Å². The van der Waals surface area contributed by atoms with Gasteiger partial charge in [-0.15, -0.1) is 0 Å². The topological polar surface area (TPSA) is 70.2 Å². The fraction of sp³-hybridized carbons (Fsp3) is 0.444. The predicted octanol–water partition coefficient (Wildman–Crippen LogP) is 1.61. The SMILES string of the molecule is O=C(CCC1Cc2ccccc2NC1=O)NCC1=CCNCC1. The highest BCUT2D eigenvalue weighted by Gasteiger charge is 2.26. The van der Waals surface area contributed by atoms with E-state index in [1.807, 2.05) is 24.3 Å². The zero-order chi connectivity index (χ0) is 16.1. The van der Waals surface area contributed by atoms with Crippen molar-refractivity contribution in [2.75, 3.05) is 25.0 Å². The second-order valence-corrected chi connectivity index (χ2v) is 6.18. The average Bonchev–Trinajstić information content (AvgIpc) is 2.59. The van der Waals surface area contributed by atoms with Crippen molar-refractivity contribution in [1.82, 2.24) is 10.6 Å². The van der Waals surface area contributed by atoms with Crippen LogP contribution in [0.25, 0.3) is 0 Å². The smallest absolute Gasteiger partial charge is 0.227 e. The Kier molecular flexibility index (Phi) is 5.08. The zero-order valence-electron chi connectivity index (χ0n) is 13.2. The van der Waals surface area contributed by atoms with Crippen LogP contribution >= 0.6 is 0 Å². The number of amides is 2. The molecule has 1 aromatic carbocycles. The van der Waals surface area contributed by atoms with Crippen LogP contribution in [0.4, 0.5) is 5.69 Å². The summed E-state index contributed by atoms with van der Waals surface area (Å²) in [4.78, 5) is 24.1. The number of nitrogens with one attached hydrogen (secondary N) is 3. The van der Waals surface area contributed by atoms with E-state index < -0.39 is 0 Å². The highest BCUT2D eigenvalue weighted by molar-refractivity contribution is 5.96. The molecule has 0 radical (unpaired) electrons. The third-order valence-corrected chi connectivity index (χ3v) is 4.50. The fourth-order valence-corrected chi connectivity index (χ4v) is 3.08. The lowest BCUT2D eigenvalue weighted by molar-refractivity contribution is -0.122. The summed E-state index contributed by atoms with van der Waals surface area (Å²) in [7, 11) is 0. The molecule has 2 heterocycles. The number of hydrogen-bond donors (Lipinski definition) is 3. The fourth-order valence-electron chi connectivity index (χ4n) is 3.08. The first-order valence-electron chi connectivity index (χ1n) is 8.26. The van der Waals surface area contributed by atoms with Gasteiger partial charge in [0.2, 0.25) is 11.8 Å². The van der Waals surface area contributed by atoms with Gasteiger partial charge in [-0.1, -0.05) is 29.8 Å². The normalized spacial score (nSPS) is 20.3. The largest absolute Gasteiger partial charge is 0.352 e. The second kappa shape index (κ2) is 7.42. The van der Waals surface area contributed by atoms with Gasteiger partial charge in [0, 0.05) is 31.1 Å². The lowest BCUT2D eigenvalue weighted by Gasteiger charge is -2.24. The molecule has 23 heavy (non-hydrogen) atoms. The van der Waals surface area contributed by atoms with Crippen LogP contribution < -0.4 is 16.0 Å². The summed E-state index contributed by atoms with van der Waals surface area (Å²) < 4.78 is 0. The molecule has 2 amide bonds. The standard InChI is InChI=1S/C18H23N3O2/c22-17(20-12-13-7-9-19-10-8-13)6-5-15-11-14-3-1-2-4-16(14)21-18(15)23/h1-4,7,15,19H,5-6,8-12H2,(H,20,22)(H,21,23). The monoisotopic (exact) mass is 313 g/mol. The van der Waals surface area contributed by atoms with Crippen molar-refractivity contribution in [3.05, 3.63) is 41.5 Å². The summed E-state index contributed by atoms with van der Waals surface area (Å²) in [6, 6.07) is 7.85.